The summed E-state index contributed by atoms with van der Waals surface area (Å²) in [6.07, 6.45) is -5.41. The highest BCUT2D eigenvalue weighted by Gasteiger charge is 2.47. The topological polar surface area (TPSA) is 54.5 Å². The van der Waals surface area contributed by atoms with E-state index >= 15 is 0 Å². The van der Waals surface area contributed by atoms with Crippen molar-refractivity contribution in [2.45, 2.75) is 28.7 Å². The van der Waals surface area contributed by atoms with Crippen molar-refractivity contribution in [2.24, 2.45) is 0 Å². The molecule has 12 heteroatoms. The number of rotatable bonds is 8. The summed E-state index contributed by atoms with van der Waals surface area (Å²) < 4.78 is 90.0. The van der Waals surface area contributed by atoms with E-state index in [2.05, 4.69) is 10.3 Å². The van der Waals surface area contributed by atoms with Gasteiger partial charge < -0.3 is 15.0 Å². The Morgan fingerprint density at radius 1 is 0.974 bits per heavy atom. The van der Waals surface area contributed by atoms with E-state index in [-0.39, 0.29) is 0 Å². The second kappa shape index (κ2) is 12.1. The Morgan fingerprint density at radius 2 is 1.67 bits per heavy atom. The molecule has 1 aliphatic rings. The minimum absolute atomic E-state index is 0.291. The lowest BCUT2D eigenvalue weighted by atomic mass is 9.96. The number of carbonyl (C=O) groups is 1. The molecule has 0 bridgehead atoms. The molecule has 206 valence electrons. The lowest BCUT2D eigenvalue weighted by Crippen LogP contribution is -2.32. The lowest BCUT2D eigenvalue weighted by Gasteiger charge is -2.25. The molecule has 0 unspecified atom stereocenters. The zero-order valence-electron chi connectivity index (χ0n) is 20.4. The molecule has 3 aromatic rings. The van der Waals surface area contributed by atoms with E-state index in [1.807, 2.05) is 0 Å². The monoisotopic (exact) mass is 567 g/mol. The van der Waals surface area contributed by atoms with Gasteiger partial charge in [-0.05, 0) is 48.0 Å². The van der Waals surface area contributed by atoms with E-state index in [9.17, 15) is 31.1 Å². The standard InChI is InChI=1S/C27H23F6N3O2S/c28-26(29,30)24-21(22(37)8-11-36-12-14-38-15-13-36)4-5-23(25(24)27(31,32)33)39-20-3-1-2-19(16-20)35-17-18-6-9-34-10-7-18/h1-11,16,35H,12-15,17H2. The number of nitrogens with zero attached hydrogens (tertiary/aromatic N) is 2. The van der Waals surface area contributed by atoms with Crippen molar-refractivity contribution in [3.05, 3.63) is 95.5 Å². The molecule has 0 radical (unpaired) electrons. The summed E-state index contributed by atoms with van der Waals surface area (Å²) in [4.78, 5) is 17.9. The van der Waals surface area contributed by atoms with Crippen molar-refractivity contribution < 1.29 is 35.9 Å². The number of ether oxygens (including phenoxy) is 1. The van der Waals surface area contributed by atoms with Crippen LogP contribution < -0.4 is 5.32 Å². The molecule has 5 nitrogen and oxygen atoms in total. The van der Waals surface area contributed by atoms with Crippen LogP contribution in [0.25, 0.3) is 0 Å². The summed E-state index contributed by atoms with van der Waals surface area (Å²) >= 11 is 0.542. The number of hydrogen-bond acceptors (Lipinski definition) is 6. The number of carbonyl (C=O) groups excluding carboxylic acids is 1. The fraction of sp³-hybridized carbons (Fsp3) is 0.259. The molecule has 39 heavy (non-hydrogen) atoms. The number of nitrogens with one attached hydrogen (secondary N) is 1. The van der Waals surface area contributed by atoms with Crippen LogP contribution in [-0.2, 0) is 23.6 Å². The van der Waals surface area contributed by atoms with E-state index in [1.54, 1.807) is 47.6 Å². The second-order valence-corrected chi connectivity index (χ2v) is 9.64. The molecule has 1 fully saturated rings. The van der Waals surface area contributed by atoms with Gasteiger partial charge in [0.25, 0.3) is 0 Å². The Balaban J connectivity index is 1.66. The van der Waals surface area contributed by atoms with Gasteiger partial charge in [0, 0.05) is 65.3 Å². The summed E-state index contributed by atoms with van der Waals surface area (Å²) in [6, 6.07) is 11.6. The fourth-order valence-electron chi connectivity index (χ4n) is 3.94. The van der Waals surface area contributed by atoms with Crippen molar-refractivity contribution >= 4 is 23.2 Å². The number of anilines is 1. The summed E-state index contributed by atoms with van der Waals surface area (Å²) in [7, 11) is 0. The van der Waals surface area contributed by atoms with Gasteiger partial charge >= 0.3 is 12.4 Å². The van der Waals surface area contributed by atoms with Crippen LogP contribution >= 0.6 is 11.8 Å². The van der Waals surface area contributed by atoms with Crippen LogP contribution in [0, 0.1) is 0 Å². The van der Waals surface area contributed by atoms with Gasteiger partial charge in [-0.1, -0.05) is 17.8 Å². The molecular formula is C27H23F6N3O2S. The van der Waals surface area contributed by atoms with Gasteiger partial charge in [0.15, 0.2) is 5.78 Å². The van der Waals surface area contributed by atoms with Crippen LogP contribution in [-0.4, -0.2) is 42.0 Å². The molecule has 0 spiro atoms. The molecule has 2 heterocycles. The maximum Gasteiger partial charge on any atom is 0.418 e. The van der Waals surface area contributed by atoms with Crippen LogP contribution in [0.2, 0.25) is 0 Å². The Morgan fingerprint density at radius 3 is 2.33 bits per heavy atom. The average molecular weight is 568 g/mol. The SMILES string of the molecule is O=C(C=CN1CCOCC1)c1ccc(Sc2cccc(NCc3ccncc3)c2)c(C(F)(F)F)c1C(F)(F)F. The maximum absolute atomic E-state index is 14.2. The van der Waals surface area contributed by atoms with Gasteiger partial charge in [-0.3, -0.25) is 9.78 Å². The number of ketones is 1. The third-order valence-corrected chi connectivity index (χ3v) is 6.84. The van der Waals surface area contributed by atoms with Crippen molar-refractivity contribution in [2.75, 3.05) is 31.6 Å². The quantitative estimate of drug-likeness (QED) is 0.181. The lowest BCUT2D eigenvalue weighted by molar-refractivity contribution is -0.163. The highest BCUT2D eigenvalue weighted by Crippen LogP contribution is 2.48. The Labute approximate surface area is 224 Å². The van der Waals surface area contributed by atoms with Gasteiger partial charge in [-0.15, -0.1) is 0 Å². The third-order valence-electron chi connectivity index (χ3n) is 5.79. The molecule has 1 N–H and O–H groups in total. The van der Waals surface area contributed by atoms with Crippen LogP contribution in [0.4, 0.5) is 32.0 Å². The molecule has 0 amide bonds. The smallest absolute Gasteiger partial charge is 0.381 e. The zero-order chi connectivity index (χ0) is 28.0. The zero-order valence-corrected chi connectivity index (χ0v) is 21.2. The second-order valence-electron chi connectivity index (χ2n) is 8.52. The number of morpholine rings is 1. The highest BCUT2D eigenvalue weighted by molar-refractivity contribution is 7.99. The van der Waals surface area contributed by atoms with Crippen molar-refractivity contribution in [3.8, 4) is 0 Å². The number of allylic oxidation sites excluding steroid dienone is 1. The Kier molecular flexibility index (Phi) is 8.86. The first-order chi connectivity index (χ1) is 18.5. The van der Waals surface area contributed by atoms with E-state index in [1.165, 1.54) is 12.3 Å². The number of pyridine rings is 1. The number of hydrogen-bond donors (Lipinski definition) is 1. The van der Waals surface area contributed by atoms with Gasteiger partial charge in [0.05, 0.1) is 24.3 Å². The predicted octanol–water partition coefficient (Wildman–Crippen LogP) is 6.91. The first-order valence-electron chi connectivity index (χ1n) is 11.8. The summed E-state index contributed by atoms with van der Waals surface area (Å²) in [6.45, 7) is 1.98. The van der Waals surface area contributed by atoms with Gasteiger partial charge in [-0.25, -0.2) is 0 Å². The number of alkyl halides is 6. The molecule has 1 aromatic heterocycles. The van der Waals surface area contributed by atoms with Crippen LogP contribution in [0.5, 0.6) is 0 Å². The van der Waals surface area contributed by atoms with E-state index < -0.39 is 39.7 Å². The average Bonchev–Trinajstić information content (AvgIpc) is 2.90. The highest BCUT2D eigenvalue weighted by atomic mass is 32.2. The van der Waals surface area contributed by atoms with Crippen molar-refractivity contribution in [1.82, 2.24) is 9.88 Å². The molecule has 1 saturated heterocycles. The molecule has 0 saturated carbocycles. The first-order valence-corrected chi connectivity index (χ1v) is 12.6. The van der Waals surface area contributed by atoms with Crippen LogP contribution in [0.1, 0.15) is 27.0 Å². The van der Waals surface area contributed by atoms with Crippen molar-refractivity contribution in [1.29, 1.82) is 0 Å². The normalized spacial score (nSPS) is 14.6. The van der Waals surface area contributed by atoms with E-state index in [0.29, 0.717) is 55.2 Å². The first kappa shape index (κ1) is 28.5. The predicted molar refractivity (Wildman–Crippen MR) is 134 cm³/mol. The Hall–Kier alpha value is -3.51. The molecule has 2 aromatic carbocycles. The van der Waals surface area contributed by atoms with Crippen molar-refractivity contribution in [3.63, 3.8) is 0 Å². The minimum atomic E-state index is -5.42. The van der Waals surface area contributed by atoms with Gasteiger partial charge in [0.1, 0.15) is 0 Å². The summed E-state index contributed by atoms with van der Waals surface area (Å²) in [5.41, 5.74) is -3.46. The minimum Gasteiger partial charge on any atom is -0.381 e. The summed E-state index contributed by atoms with van der Waals surface area (Å²) in [5, 5.41) is 3.13. The van der Waals surface area contributed by atoms with Crippen LogP contribution in [0.15, 0.2) is 83.0 Å². The summed E-state index contributed by atoms with van der Waals surface area (Å²) in [5.74, 6) is -1.17. The van der Waals surface area contributed by atoms with Crippen LogP contribution in [0.3, 0.4) is 0 Å². The number of halogens is 6. The number of aromatic nitrogens is 1. The van der Waals surface area contributed by atoms with E-state index in [4.69, 9.17) is 4.74 Å². The third kappa shape index (κ3) is 7.54. The number of benzene rings is 2. The molecule has 4 rings (SSSR count). The van der Waals surface area contributed by atoms with E-state index in [0.717, 1.165) is 23.8 Å². The van der Waals surface area contributed by atoms with Gasteiger partial charge in [0.2, 0.25) is 0 Å². The largest absolute Gasteiger partial charge is 0.418 e. The molecule has 0 atom stereocenters. The molecule has 1 aliphatic heterocycles. The fourth-order valence-corrected chi connectivity index (χ4v) is 4.98. The Bertz CT molecular complexity index is 1320. The maximum atomic E-state index is 14.2. The van der Waals surface area contributed by atoms with Gasteiger partial charge in [-0.2, -0.15) is 26.3 Å². The molecular weight excluding hydrogens is 544 g/mol. The molecule has 0 aliphatic carbocycles.